The zero-order valence-corrected chi connectivity index (χ0v) is 8.45. The molecule has 2 nitrogen and oxygen atoms in total. The molecule has 0 aromatic rings. The van der Waals surface area contributed by atoms with Crippen molar-refractivity contribution in [3.63, 3.8) is 0 Å². The topological polar surface area (TPSA) is 23.5 Å². The highest BCUT2D eigenvalue weighted by Crippen LogP contribution is 2.29. The predicted octanol–water partition coefficient (Wildman–Crippen LogP) is 1.84. The van der Waals surface area contributed by atoms with Gasteiger partial charge in [0.2, 0.25) is 0 Å². The van der Waals surface area contributed by atoms with Gasteiger partial charge in [-0.05, 0) is 32.2 Å². The highest BCUT2D eigenvalue weighted by atomic mass is 16.3. The van der Waals surface area contributed by atoms with Gasteiger partial charge in [-0.3, -0.25) is 4.90 Å². The maximum atomic E-state index is 9.52. The average molecular weight is 171 g/mol. The molecule has 72 valence electrons. The summed E-state index contributed by atoms with van der Waals surface area (Å²) in [7, 11) is 0. The largest absolute Gasteiger partial charge is 0.379 e. The monoisotopic (exact) mass is 171 g/mol. The molecule has 0 aromatic carbocycles. The van der Waals surface area contributed by atoms with Crippen molar-refractivity contribution in [3.8, 4) is 0 Å². The average Bonchev–Trinajstić information content (AvgIpc) is 2.38. The van der Waals surface area contributed by atoms with Crippen LogP contribution in [-0.4, -0.2) is 28.8 Å². The molecule has 0 amide bonds. The minimum atomic E-state index is -0.277. The second-order valence-electron chi connectivity index (χ2n) is 3.94. The van der Waals surface area contributed by atoms with Crippen LogP contribution in [0.5, 0.6) is 0 Å². The molecular weight excluding hydrogens is 150 g/mol. The molecule has 2 heteroatoms. The van der Waals surface area contributed by atoms with E-state index in [4.69, 9.17) is 0 Å². The maximum Gasteiger partial charge on any atom is 0.104 e. The summed E-state index contributed by atoms with van der Waals surface area (Å²) in [5, 5.41) is 9.52. The molecule has 12 heavy (non-hydrogen) atoms. The summed E-state index contributed by atoms with van der Waals surface area (Å²) in [6.07, 6.45) is 3.64. The molecular formula is C10H21NO. The number of hydrogen-bond acceptors (Lipinski definition) is 2. The Hall–Kier alpha value is -0.0800. The van der Waals surface area contributed by atoms with Crippen molar-refractivity contribution >= 4 is 0 Å². The Bertz CT molecular complexity index is 136. The Labute approximate surface area is 75.6 Å². The molecule has 0 radical (unpaired) electrons. The number of aliphatic hydroxyl groups is 1. The Kier molecular flexibility index (Phi) is 3.53. The molecule has 3 unspecified atom stereocenters. The van der Waals surface area contributed by atoms with Gasteiger partial charge < -0.3 is 5.11 Å². The summed E-state index contributed by atoms with van der Waals surface area (Å²) < 4.78 is 0. The normalized spacial score (nSPS) is 32.8. The minimum Gasteiger partial charge on any atom is -0.379 e. The fraction of sp³-hybridized carbons (Fsp3) is 1.00. The van der Waals surface area contributed by atoms with E-state index in [0.29, 0.717) is 6.04 Å². The highest BCUT2D eigenvalue weighted by Gasteiger charge is 2.29. The van der Waals surface area contributed by atoms with Gasteiger partial charge in [0.25, 0.3) is 0 Å². The lowest BCUT2D eigenvalue weighted by molar-refractivity contribution is -0.0167. The maximum absolute atomic E-state index is 9.52. The van der Waals surface area contributed by atoms with Gasteiger partial charge in [-0.25, -0.2) is 0 Å². The van der Waals surface area contributed by atoms with Crippen molar-refractivity contribution in [1.29, 1.82) is 0 Å². The molecule has 1 aliphatic rings. The molecule has 1 N–H and O–H groups in total. The molecule has 0 saturated heterocycles. The number of hydrogen-bond donors (Lipinski definition) is 1. The van der Waals surface area contributed by atoms with E-state index in [9.17, 15) is 5.11 Å². The van der Waals surface area contributed by atoms with Crippen LogP contribution in [0.2, 0.25) is 0 Å². The van der Waals surface area contributed by atoms with Crippen LogP contribution in [0, 0.1) is 5.92 Å². The van der Waals surface area contributed by atoms with Crippen molar-refractivity contribution in [2.24, 2.45) is 5.92 Å². The number of nitrogens with zero attached hydrogens (tertiary/aromatic N) is 1. The van der Waals surface area contributed by atoms with E-state index in [1.165, 1.54) is 19.3 Å². The molecule has 1 rings (SSSR count). The van der Waals surface area contributed by atoms with Gasteiger partial charge in [-0.2, -0.15) is 0 Å². The van der Waals surface area contributed by atoms with E-state index in [1.807, 2.05) is 6.92 Å². The standard InChI is InChI=1S/C10H21NO/c1-4-11(9(3)12)10-7-5-6-8(10)2/h8-10,12H,4-7H2,1-3H3. The second-order valence-corrected chi connectivity index (χ2v) is 3.94. The van der Waals surface area contributed by atoms with E-state index in [2.05, 4.69) is 18.7 Å². The summed E-state index contributed by atoms with van der Waals surface area (Å²) in [5.74, 6) is 0.763. The molecule has 0 heterocycles. The third-order valence-electron chi connectivity index (χ3n) is 3.09. The van der Waals surface area contributed by atoms with Crippen molar-refractivity contribution in [2.75, 3.05) is 6.54 Å². The van der Waals surface area contributed by atoms with Gasteiger partial charge in [-0.15, -0.1) is 0 Å². The fourth-order valence-electron chi connectivity index (χ4n) is 2.39. The Morgan fingerprint density at radius 3 is 2.50 bits per heavy atom. The summed E-state index contributed by atoms with van der Waals surface area (Å²) >= 11 is 0. The Morgan fingerprint density at radius 2 is 2.17 bits per heavy atom. The summed E-state index contributed by atoms with van der Waals surface area (Å²) in [6, 6.07) is 0.620. The van der Waals surface area contributed by atoms with Crippen molar-refractivity contribution < 1.29 is 5.11 Å². The van der Waals surface area contributed by atoms with Crippen LogP contribution in [0.15, 0.2) is 0 Å². The summed E-state index contributed by atoms with van der Waals surface area (Å²) in [4.78, 5) is 2.21. The SMILES string of the molecule is CCN(C(C)O)C1CCCC1C. The Morgan fingerprint density at radius 1 is 1.50 bits per heavy atom. The molecule has 3 atom stereocenters. The summed E-state index contributed by atoms with van der Waals surface area (Å²) in [6.45, 7) is 7.25. The number of aliphatic hydroxyl groups excluding tert-OH is 1. The molecule has 0 aromatic heterocycles. The van der Waals surface area contributed by atoms with Crippen LogP contribution < -0.4 is 0 Å². The van der Waals surface area contributed by atoms with E-state index in [0.717, 1.165) is 12.5 Å². The molecule has 0 bridgehead atoms. The van der Waals surface area contributed by atoms with E-state index in [-0.39, 0.29) is 6.23 Å². The zero-order chi connectivity index (χ0) is 9.14. The van der Waals surface area contributed by atoms with E-state index >= 15 is 0 Å². The van der Waals surface area contributed by atoms with E-state index in [1.54, 1.807) is 0 Å². The molecule has 0 aliphatic heterocycles. The quantitative estimate of drug-likeness (QED) is 0.655. The molecule has 1 saturated carbocycles. The van der Waals surface area contributed by atoms with Gasteiger partial charge in [0.15, 0.2) is 0 Å². The van der Waals surface area contributed by atoms with E-state index < -0.39 is 0 Å². The highest BCUT2D eigenvalue weighted by molar-refractivity contribution is 4.82. The van der Waals surface area contributed by atoms with Gasteiger partial charge in [0.1, 0.15) is 6.23 Å². The Balaban J connectivity index is 2.52. The van der Waals surface area contributed by atoms with Gasteiger partial charge in [0, 0.05) is 6.04 Å². The van der Waals surface area contributed by atoms with Gasteiger partial charge in [0.05, 0.1) is 0 Å². The van der Waals surface area contributed by atoms with Crippen LogP contribution in [0.1, 0.15) is 40.0 Å². The van der Waals surface area contributed by atoms with Crippen molar-refractivity contribution in [1.82, 2.24) is 4.90 Å². The van der Waals surface area contributed by atoms with Crippen molar-refractivity contribution in [3.05, 3.63) is 0 Å². The van der Waals surface area contributed by atoms with Crippen molar-refractivity contribution in [2.45, 2.75) is 52.3 Å². The smallest absolute Gasteiger partial charge is 0.104 e. The van der Waals surface area contributed by atoms with Crippen LogP contribution in [0.3, 0.4) is 0 Å². The lowest BCUT2D eigenvalue weighted by atomic mass is 10.0. The molecule has 1 fully saturated rings. The lowest BCUT2D eigenvalue weighted by Crippen LogP contribution is -2.42. The number of rotatable bonds is 3. The first kappa shape index (κ1) is 10.0. The molecule has 1 aliphatic carbocycles. The third-order valence-corrected chi connectivity index (χ3v) is 3.09. The van der Waals surface area contributed by atoms with Crippen LogP contribution in [0.25, 0.3) is 0 Å². The first-order chi connectivity index (χ1) is 5.66. The van der Waals surface area contributed by atoms with Gasteiger partial charge in [-0.1, -0.05) is 20.3 Å². The second kappa shape index (κ2) is 4.24. The van der Waals surface area contributed by atoms with Crippen LogP contribution in [0.4, 0.5) is 0 Å². The first-order valence-electron chi connectivity index (χ1n) is 5.10. The van der Waals surface area contributed by atoms with Crippen LogP contribution >= 0.6 is 0 Å². The first-order valence-corrected chi connectivity index (χ1v) is 5.10. The summed E-state index contributed by atoms with van der Waals surface area (Å²) in [5.41, 5.74) is 0. The minimum absolute atomic E-state index is 0.277. The fourth-order valence-corrected chi connectivity index (χ4v) is 2.39. The zero-order valence-electron chi connectivity index (χ0n) is 8.45. The van der Waals surface area contributed by atoms with Gasteiger partial charge >= 0.3 is 0 Å². The lowest BCUT2D eigenvalue weighted by Gasteiger charge is -2.32. The molecule has 0 spiro atoms. The predicted molar refractivity (Wildman–Crippen MR) is 50.9 cm³/mol. The van der Waals surface area contributed by atoms with Crippen LogP contribution in [-0.2, 0) is 0 Å². The third kappa shape index (κ3) is 1.99.